The fourth-order valence-electron chi connectivity index (χ4n) is 3.95. The largest absolute Gasteiger partial charge is 0.416 e. The van der Waals surface area contributed by atoms with Gasteiger partial charge in [0.25, 0.3) is 11.5 Å². The average Bonchev–Trinajstić information content (AvgIpc) is 2.80. The number of aryl methyl sites for hydroxylation is 2. The van der Waals surface area contributed by atoms with Crippen molar-refractivity contribution < 1.29 is 31.1 Å². The number of halogens is 7. The summed E-state index contributed by atoms with van der Waals surface area (Å²) in [5, 5.41) is 2.98. The molecule has 2 aromatic heterocycles. The number of nitrogens with one attached hydrogen (secondary N) is 1. The zero-order valence-corrected chi connectivity index (χ0v) is 19.8. The zero-order valence-electron chi connectivity index (χ0n) is 19.1. The van der Waals surface area contributed by atoms with E-state index in [2.05, 4.69) is 10.3 Å². The Bertz CT molecular complexity index is 1550. The molecule has 0 bridgehead atoms. The molecule has 192 valence electrons. The Morgan fingerprint density at radius 3 is 2.16 bits per heavy atom. The summed E-state index contributed by atoms with van der Waals surface area (Å²) in [6.07, 6.45) is -7.08. The minimum atomic E-state index is -5.10. The first-order chi connectivity index (χ1) is 17.2. The number of pyridine rings is 2. The van der Waals surface area contributed by atoms with E-state index >= 15 is 0 Å². The maximum Gasteiger partial charge on any atom is 0.416 e. The Labute approximate surface area is 210 Å². The monoisotopic (exact) mass is 539 g/mol. The van der Waals surface area contributed by atoms with Crippen LogP contribution in [0.15, 0.2) is 59.7 Å². The average molecular weight is 540 g/mol. The molecular weight excluding hydrogens is 524 g/mol. The Morgan fingerprint density at radius 2 is 1.59 bits per heavy atom. The van der Waals surface area contributed by atoms with E-state index in [9.17, 15) is 35.9 Å². The number of hydrogen-bond acceptors (Lipinski definition) is 3. The van der Waals surface area contributed by atoms with Crippen molar-refractivity contribution in [2.24, 2.45) is 7.05 Å². The number of rotatable bonds is 3. The number of hydrogen-bond donors (Lipinski definition) is 1. The fraction of sp³-hybridized carbons (Fsp3) is 0.160. The van der Waals surface area contributed by atoms with Gasteiger partial charge in [0.05, 0.1) is 21.7 Å². The van der Waals surface area contributed by atoms with Crippen molar-refractivity contribution in [2.45, 2.75) is 19.3 Å². The number of benzene rings is 2. The number of carbonyl (C=O) groups is 1. The van der Waals surface area contributed by atoms with Crippen LogP contribution in [-0.4, -0.2) is 15.5 Å². The van der Waals surface area contributed by atoms with Gasteiger partial charge in [0.2, 0.25) is 0 Å². The van der Waals surface area contributed by atoms with Crippen LogP contribution in [0, 0.1) is 6.92 Å². The van der Waals surface area contributed by atoms with Crippen molar-refractivity contribution in [3.63, 3.8) is 0 Å². The summed E-state index contributed by atoms with van der Waals surface area (Å²) in [4.78, 5) is 29.7. The number of aromatic nitrogens is 2. The number of carbonyl (C=O) groups excluding carboxylic acids is 1. The third kappa shape index (κ3) is 5.17. The van der Waals surface area contributed by atoms with Gasteiger partial charge in [-0.15, -0.1) is 0 Å². The number of alkyl halides is 6. The molecule has 4 rings (SSSR count). The summed E-state index contributed by atoms with van der Waals surface area (Å²) in [5.74, 6) is -1.20. The summed E-state index contributed by atoms with van der Waals surface area (Å²) in [5.41, 5.74) is -2.73. The van der Waals surface area contributed by atoms with E-state index < -0.39 is 35.0 Å². The van der Waals surface area contributed by atoms with E-state index in [4.69, 9.17) is 11.6 Å². The van der Waals surface area contributed by atoms with Gasteiger partial charge in [-0.3, -0.25) is 14.6 Å². The van der Waals surface area contributed by atoms with Gasteiger partial charge in [-0.25, -0.2) is 0 Å². The van der Waals surface area contributed by atoms with E-state index in [1.165, 1.54) is 16.7 Å². The second kappa shape index (κ2) is 9.22. The van der Waals surface area contributed by atoms with Gasteiger partial charge in [0.15, 0.2) is 0 Å². The zero-order chi connectivity index (χ0) is 27.3. The molecule has 0 fully saturated rings. The summed E-state index contributed by atoms with van der Waals surface area (Å²) in [7, 11) is 1.58. The first-order valence-electron chi connectivity index (χ1n) is 10.5. The number of fused-ring (bicyclic) bond motifs is 1. The van der Waals surface area contributed by atoms with Gasteiger partial charge < -0.3 is 9.88 Å². The third-order valence-corrected chi connectivity index (χ3v) is 5.99. The van der Waals surface area contributed by atoms with Crippen LogP contribution in [0.4, 0.5) is 32.0 Å². The molecule has 2 aromatic carbocycles. The molecule has 37 heavy (non-hydrogen) atoms. The summed E-state index contributed by atoms with van der Waals surface area (Å²) in [6, 6.07) is 6.55. The predicted molar refractivity (Wildman–Crippen MR) is 127 cm³/mol. The van der Waals surface area contributed by atoms with E-state index in [1.54, 1.807) is 38.5 Å². The van der Waals surface area contributed by atoms with Gasteiger partial charge in [0, 0.05) is 47.2 Å². The summed E-state index contributed by atoms with van der Waals surface area (Å²) in [6.45, 7) is 1.59. The van der Waals surface area contributed by atoms with E-state index in [-0.39, 0.29) is 27.9 Å². The van der Waals surface area contributed by atoms with Gasteiger partial charge in [-0.1, -0.05) is 11.6 Å². The molecule has 1 amide bonds. The molecule has 4 aromatic rings. The Kier molecular flexibility index (Phi) is 6.53. The molecule has 5 nitrogen and oxygen atoms in total. The maximum absolute atomic E-state index is 13.1. The lowest BCUT2D eigenvalue weighted by molar-refractivity contribution is -0.143. The Hall–Kier alpha value is -3.86. The minimum Gasteiger partial charge on any atom is -0.322 e. The second-order valence-corrected chi connectivity index (χ2v) is 8.66. The smallest absolute Gasteiger partial charge is 0.322 e. The highest BCUT2D eigenvalue weighted by Gasteiger charge is 2.37. The fourth-order valence-corrected chi connectivity index (χ4v) is 4.32. The Balaban J connectivity index is 1.74. The molecule has 0 aliphatic rings. The number of amides is 1. The van der Waals surface area contributed by atoms with Crippen LogP contribution in [0.5, 0.6) is 0 Å². The molecular formula is C25H16ClF6N3O2. The van der Waals surface area contributed by atoms with Gasteiger partial charge in [-0.05, 0) is 55.0 Å². The molecule has 0 aliphatic carbocycles. The maximum atomic E-state index is 13.1. The molecule has 1 N–H and O–H groups in total. The number of nitrogens with zero attached hydrogens (tertiary/aromatic N) is 2. The highest BCUT2D eigenvalue weighted by atomic mass is 35.5. The predicted octanol–water partition coefficient (Wildman–Crippen LogP) is 6.85. The lowest BCUT2D eigenvalue weighted by atomic mass is 9.99. The van der Waals surface area contributed by atoms with Crippen LogP contribution in [-0.2, 0) is 19.4 Å². The molecule has 0 aliphatic heterocycles. The summed E-state index contributed by atoms with van der Waals surface area (Å²) < 4.78 is 80.3. The normalized spacial score (nSPS) is 12.1. The molecule has 0 saturated heterocycles. The Morgan fingerprint density at radius 1 is 0.973 bits per heavy atom. The first-order valence-corrected chi connectivity index (χ1v) is 10.9. The second-order valence-electron chi connectivity index (χ2n) is 8.26. The van der Waals surface area contributed by atoms with Crippen molar-refractivity contribution in [3.05, 3.63) is 92.5 Å². The number of anilines is 1. The van der Waals surface area contributed by atoms with E-state index in [1.807, 2.05) is 0 Å². The lowest BCUT2D eigenvalue weighted by Crippen LogP contribution is -2.19. The highest BCUT2D eigenvalue weighted by Crippen LogP contribution is 2.37. The molecule has 12 heteroatoms. The van der Waals surface area contributed by atoms with Crippen molar-refractivity contribution >= 4 is 34.1 Å². The first kappa shape index (κ1) is 26.2. The van der Waals surface area contributed by atoms with Crippen LogP contribution in [0.1, 0.15) is 27.0 Å². The molecule has 0 radical (unpaired) electrons. The quantitative estimate of drug-likeness (QED) is 0.290. The van der Waals surface area contributed by atoms with Crippen molar-refractivity contribution in [1.29, 1.82) is 0 Å². The van der Waals surface area contributed by atoms with Crippen LogP contribution in [0.3, 0.4) is 0 Å². The van der Waals surface area contributed by atoms with Crippen LogP contribution < -0.4 is 10.9 Å². The topological polar surface area (TPSA) is 64.0 Å². The summed E-state index contributed by atoms with van der Waals surface area (Å²) >= 11 is 6.43. The van der Waals surface area contributed by atoms with E-state index in [0.29, 0.717) is 34.2 Å². The van der Waals surface area contributed by atoms with Gasteiger partial charge in [0.1, 0.15) is 0 Å². The molecule has 0 unspecified atom stereocenters. The van der Waals surface area contributed by atoms with Crippen LogP contribution in [0.2, 0.25) is 5.02 Å². The van der Waals surface area contributed by atoms with E-state index in [0.717, 1.165) is 0 Å². The third-order valence-electron chi connectivity index (χ3n) is 5.69. The standard InChI is InChI=1S/C25H16ClF6N3O2/c1-12-5-17(34-22(36)13-6-15(24(27,28)29)9-16(7-13)25(30,31)32)10-19(26)21(12)18-8-14-11-33-4-3-20(14)35(2)23(18)37/h3-11H,1-2H3,(H,34,36). The molecule has 0 saturated carbocycles. The van der Waals surface area contributed by atoms with Gasteiger partial charge >= 0.3 is 12.4 Å². The van der Waals surface area contributed by atoms with Crippen LogP contribution >= 0.6 is 11.6 Å². The molecule has 0 spiro atoms. The van der Waals surface area contributed by atoms with Crippen molar-refractivity contribution in [3.8, 4) is 11.1 Å². The molecule has 0 atom stereocenters. The highest BCUT2D eigenvalue weighted by molar-refractivity contribution is 6.34. The van der Waals surface area contributed by atoms with Gasteiger partial charge in [-0.2, -0.15) is 26.3 Å². The SMILES string of the molecule is Cc1cc(NC(=O)c2cc(C(F)(F)F)cc(C(F)(F)F)c2)cc(Cl)c1-c1cc2cnccc2n(C)c1=O. The molecule has 2 heterocycles. The lowest BCUT2D eigenvalue weighted by Gasteiger charge is -2.16. The minimum absolute atomic E-state index is 0.0153. The van der Waals surface area contributed by atoms with Crippen LogP contribution in [0.25, 0.3) is 22.0 Å². The van der Waals surface area contributed by atoms with Crippen molar-refractivity contribution in [2.75, 3.05) is 5.32 Å². The van der Waals surface area contributed by atoms with Crippen molar-refractivity contribution in [1.82, 2.24) is 9.55 Å².